The first-order valence-electron chi connectivity index (χ1n) is 7.48. The first-order valence-corrected chi connectivity index (χ1v) is 7.48. The SMILES string of the molecule is CCNC(=NCC(C)(C)OC)NCC1(C)CCCC1.I. The Morgan fingerprint density at radius 2 is 1.85 bits per heavy atom. The number of nitrogens with one attached hydrogen (secondary N) is 2. The Morgan fingerprint density at radius 3 is 2.35 bits per heavy atom. The lowest BCUT2D eigenvalue weighted by Gasteiger charge is -2.26. The Kier molecular flexibility index (Phi) is 9.06. The molecule has 0 atom stereocenters. The van der Waals surface area contributed by atoms with Gasteiger partial charge in [-0.2, -0.15) is 0 Å². The minimum Gasteiger partial charge on any atom is -0.377 e. The monoisotopic (exact) mass is 397 g/mol. The summed E-state index contributed by atoms with van der Waals surface area (Å²) in [5, 5.41) is 6.79. The molecule has 5 heteroatoms. The van der Waals surface area contributed by atoms with Crippen molar-refractivity contribution in [3.63, 3.8) is 0 Å². The van der Waals surface area contributed by atoms with Gasteiger partial charge in [0.25, 0.3) is 0 Å². The summed E-state index contributed by atoms with van der Waals surface area (Å²) in [6.07, 6.45) is 5.37. The summed E-state index contributed by atoms with van der Waals surface area (Å²) in [6, 6.07) is 0. The molecular weight excluding hydrogens is 365 g/mol. The summed E-state index contributed by atoms with van der Waals surface area (Å²) in [5.74, 6) is 0.903. The average molecular weight is 397 g/mol. The molecule has 0 unspecified atom stereocenters. The van der Waals surface area contributed by atoms with Crippen LogP contribution >= 0.6 is 24.0 Å². The second-order valence-electron chi connectivity index (χ2n) is 6.53. The molecule has 120 valence electrons. The van der Waals surface area contributed by atoms with Crippen molar-refractivity contribution in [2.75, 3.05) is 26.7 Å². The lowest BCUT2D eigenvalue weighted by atomic mass is 9.89. The van der Waals surface area contributed by atoms with Gasteiger partial charge in [-0.1, -0.05) is 19.8 Å². The number of hydrogen-bond donors (Lipinski definition) is 2. The third kappa shape index (κ3) is 7.11. The van der Waals surface area contributed by atoms with E-state index in [-0.39, 0.29) is 29.6 Å². The van der Waals surface area contributed by atoms with Crippen molar-refractivity contribution in [1.29, 1.82) is 0 Å². The molecule has 2 N–H and O–H groups in total. The predicted molar refractivity (Wildman–Crippen MR) is 97.1 cm³/mol. The number of rotatable bonds is 6. The fourth-order valence-electron chi connectivity index (χ4n) is 2.38. The van der Waals surface area contributed by atoms with Crippen LogP contribution in [0.5, 0.6) is 0 Å². The maximum absolute atomic E-state index is 5.40. The summed E-state index contributed by atoms with van der Waals surface area (Å²) in [4.78, 5) is 4.62. The molecule has 1 rings (SSSR count). The summed E-state index contributed by atoms with van der Waals surface area (Å²) in [7, 11) is 1.73. The molecule has 0 aromatic rings. The average Bonchev–Trinajstić information content (AvgIpc) is 2.80. The van der Waals surface area contributed by atoms with Gasteiger partial charge in [0.15, 0.2) is 5.96 Å². The van der Waals surface area contributed by atoms with Crippen LogP contribution in [0.2, 0.25) is 0 Å². The van der Waals surface area contributed by atoms with E-state index < -0.39 is 0 Å². The fraction of sp³-hybridized carbons (Fsp3) is 0.933. The maximum Gasteiger partial charge on any atom is 0.191 e. The smallest absolute Gasteiger partial charge is 0.191 e. The van der Waals surface area contributed by atoms with Crippen molar-refractivity contribution in [2.45, 2.75) is 59.0 Å². The van der Waals surface area contributed by atoms with Crippen molar-refractivity contribution < 1.29 is 4.74 Å². The number of hydrogen-bond acceptors (Lipinski definition) is 2. The zero-order chi connectivity index (χ0) is 14.4. The normalized spacial score (nSPS) is 18.6. The van der Waals surface area contributed by atoms with Gasteiger partial charge in [-0.05, 0) is 39.0 Å². The third-order valence-electron chi connectivity index (χ3n) is 4.01. The Morgan fingerprint density at radius 1 is 1.25 bits per heavy atom. The Labute approximate surface area is 141 Å². The highest BCUT2D eigenvalue weighted by atomic mass is 127. The van der Waals surface area contributed by atoms with Gasteiger partial charge in [-0.15, -0.1) is 24.0 Å². The van der Waals surface area contributed by atoms with E-state index in [1.54, 1.807) is 7.11 Å². The van der Waals surface area contributed by atoms with Gasteiger partial charge in [-0.3, -0.25) is 4.99 Å². The number of aliphatic imine (C=N–C) groups is 1. The van der Waals surface area contributed by atoms with Crippen LogP contribution in [-0.2, 0) is 4.74 Å². The summed E-state index contributed by atoms with van der Waals surface area (Å²) < 4.78 is 5.40. The minimum atomic E-state index is -0.209. The van der Waals surface area contributed by atoms with Gasteiger partial charge in [0.1, 0.15) is 0 Å². The van der Waals surface area contributed by atoms with Crippen molar-refractivity contribution in [3.05, 3.63) is 0 Å². The van der Waals surface area contributed by atoms with Gasteiger partial charge in [-0.25, -0.2) is 0 Å². The highest BCUT2D eigenvalue weighted by molar-refractivity contribution is 14.0. The lowest BCUT2D eigenvalue weighted by molar-refractivity contribution is 0.0310. The largest absolute Gasteiger partial charge is 0.377 e. The first-order chi connectivity index (χ1) is 8.91. The Balaban J connectivity index is 0.00000361. The van der Waals surface area contributed by atoms with Crippen LogP contribution in [0.1, 0.15) is 53.4 Å². The van der Waals surface area contributed by atoms with Gasteiger partial charge >= 0.3 is 0 Å². The van der Waals surface area contributed by atoms with Crippen molar-refractivity contribution >= 4 is 29.9 Å². The van der Waals surface area contributed by atoms with Crippen molar-refractivity contribution in [1.82, 2.24) is 10.6 Å². The van der Waals surface area contributed by atoms with E-state index >= 15 is 0 Å². The van der Waals surface area contributed by atoms with E-state index in [0.29, 0.717) is 12.0 Å². The van der Waals surface area contributed by atoms with Gasteiger partial charge in [0, 0.05) is 20.2 Å². The molecular formula is C15H32IN3O. The summed E-state index contributed by atoms with van der Waals surface area (Å²) in [6.45, 7) is 11.1. The van der Waals surface area contributed by atoms with Gasteiger partial charge < -0.3 is 15.4 Å². The lowest BCUT2D eigenvalue weighted by Crippen LogP contribution is -2.43. The van der Waals surface area contributed by atoms with Gasteiger partial charge in [0.05, 0.1) is 12.1 Å². The number of guanidine groups is 1. The molecule has 0 aromatic carbocycles. The fourth-order valence-corrected chi connectivity index (χ4v) is 2.38. The Bertz CT molecular complexity index is 299. The van der Waals surface area contributed by atoms with E-state index in [1.165, 1.54) is 25.7 Å². The van der Waals surface area contributed by atoms with Crippen LogP contribution in [0.3, 0.4) is 0 Å². The van der Waals surface area contributed by atoms with Crippen molar-refractivity contribution in [3.8, 4) is 0 Å². The molecule has 20 heavy (non-hydrogen) atoms. The Hall–Kier alpha value is -0.0400. The highest BCUT2D eigenvalue weighted by Crippen LogP contribution is 2.36. The van der Waals surface area contributed by atoms with Crippen molar-refractivity contribution in [2.24, 2.45) is 10.4 Å². The summed E-state index contributed by atoms with van der Waals surface area (Å²) >= 11 is 0. The molecule has 0 heterocycles. The number of nitrogens with zero attached hydrogens (tertiary/aromatic N) is 1. The van der Waals surface area contributed by atoms with Crippen LogP contribution in [0.4, 0.5) is 0 Å². The third-order valence-corrected chi connectivity index (χ3v) is 4.01. The van der Waals surface area contributed by atoms with Crippen LogP contribution in [0.25, 0.3) is 0 Å². The molecule has 0 aliphatic heterocycles. The first kappa shape index (κ1) is 20.0. The maximum atomic E-state index is 5.40. The molecule has 1 aliphatic carbocycles. The van der Waals surface area contributed by atoms with E-state index in [2.05, 4.69) is 43.3 Å². The molecule has 1 fully saturated rings. The second-order valence-corrected chi connectivity index (χ2v) is 6.53. The molecule has 0 amide bonds. The van der Waals surface area contributed by atoms with Crippen LogP contribution in [0, 0.1) is 5.41 Å². The molecule has 4 nitrogen and oxygen atoms in total. The zero-order valence-electron chi connectivity index (χ0n) is 13.7. The quantitative estimate of drug-likeness (QED) is 0.411. The van der Waals surface area contributed by atoms with Crippen LogP contribution < -0.4 is 10.6 Å². The number of methoxy groups -OCH3 is 1. The second kappa shape index (κ2) is 9.07. The van der Waals surface area contributed by atoms with Gasteiger partial charge in [0.2, 0.25) is 0 Å². The molecule has 1 saturated carbocycles. The van der Waals surface area contributed by atoms with E-state index in [1.807, 2.05) is 0 Å². The van der Waals surface area contributed by atoms with E-state index in [4.69, 9.17) is 4.74 Å². The van der Waals surface area contributed by atoms with Crippen LogP contribution in [0.15, 0.2) is 4.99 Å². The zero-order valence-corrected chi connectivity index (χ0v) is 16.0. The molecule has 0 radical (unpaired) electrons. The minimum absolute atomic E-state index is 0. The number of ether oxygens (including phenoxy) is 1. The standard InChI is InChI=1S/C15H31N3O.HI/c1-6-16-13(17-11-14(2,3)19-5)18-12-15(4)9-7-8-10-15;/h6-12H2,1-5H3,(H2,16,17,18);1H. The molecule has 0 bridgehead atoms. The molecule has 0 spiro atoms. The van der Waals surface area contributed by atoms with E-state index in [9.17, 15) is 0 Å². The topological polar surface area (TPSA) is 45.7 Å². The molecule has 0 saturated heterocycles. The van der Waals surface area contributed by atoms with Crippen LogP contribution in [-0.4, -0.2) is 38.3 Å². The molecule has 1 aliphatic rings. The van der Waals surface area contributed by atoms with E-state index in [0.717, 1.165) is 19.0 Å². The summed E-state index contributed by atoms with van der Waals surface area (Å²) in [5.41, 5.74) is 0.229. The predicted octanol–water partition coefficient (Wildman–Crippen LogP) is 3.16. The molecule has 0 aromatic heterocycles. The number of halogens is 1. The highest BCUT2D eigenvalue weighted by Gasteiger charge is 2.28.